The maximum atomic E-state index is 3.77. The Morgan fingerprint density at radius 1 is 1.40 bits per heavy atom. The molecule has 2 rings (SSSR count). The molecule has 2 fully saturated rings. The van der Waals surface area contributed by atoms with Crippen LogP contribution in [0.5, 0.6) is 0 Å². The van der Waals surface area contributed by atoms with E-state index in [4.69, 9.17) is 0 Å². The maximum absolute atomic E-state index is 3.77. The van der Waals surface area contributed by atoms with Crippen molar-refractivity contribution < 1.29 is 0 Å². The van der Waals surface area contributed by atoms with Crippen LogP contribution in [0.2, 0.25) is 0 Å². The number of thioether (sulfide) groups is 1. The van der Waals surface area contributed by atoms with Gasteiger partial charge in [-0.2, -0.15) is 11.8 Å². The fraction of sp³-hybridized carbons (Fsp3) is 1.00. The lowest BCUT2D eigenvalue weighted by atomic mass is 9.94. The molecule has 0 aromatic carbocycles. The molecule has 1 saturated carbocycles. The molecule has 0 amide bonds. The molecule has 3 heteroatoms. The fourth-order valence-corrected chi connectivity index (χ4v) is 3.79. The largest absolute Gasteiger partial charge is 0.309 e. The van der Waals surface area contributed by atoms with Crippen LogP contribution in [0.4, 0.5) is 0 Å². The van der Waals surface area contributed by atoms with Crippen molar-refractivity contribution in [2.75, 3.05) is 31.6 Å². The number of piperazine rings is 1. The molecule has 0 aromatic rings. The average molecular weight is 228 g/mol. The molecule has 0 radical (unpaired) electrons. The van der Waals surface area contributed by atoms with Crippen LogP contribution in [0.1, 0.15) is 32.6 Å². The first-order valence-corrected chi connectivity index (χ1v) is 7.63. The van der Waals surface area contributed by atoms with Crippen LogP contribution in [0.3, 0.4) is 0 Å². The second kappa shape index (κ2) is 5.07. The second-order valence-electron chi connectivity index (χ2n) is 5.19. The molecule has 0 aromatic heterocycles. The Hall–Kier alpha value is 0.270. The van der Waals surface area contributed by atoms with Gasteiger partial charge in [-0.15, -0.1) is 0 Å². The molecule has 2 aliphatic rings. The van der Waals surface area contributed by atoms with Crippen LogP contribution in [0.25, 0.3) is 0 Å². The zero-order valence-corrected chi connectivity index (χ0v) is 10.9. The highest BCUT2D eigenvalue weighted by molar-refractivity contribution is 7.98. The topological polar surface area (TPSA) is 15.3 Å². The first kappa shape index (κ1) is 11.7. The Morgan fingerprint density at radius 2 is 2.13 bits per heavy atom. The highest BCUT2D eigenvalue weighted by Crippen LogP contribution is 2.32. The molecule has 1 aliphatic carbocycles. The summed E-state index contributed by atoms with van der Waals surface area (Å²) in [4.78, 5) is 2.69. The summed E-state index contributed by atoms with van der Waals surface area (Å²) in [6, 6.07) is 0.750. The molecule has 0 bridgehead atoms. The smallest absolute Gasteiger partial charge is 0.0309 e. The van der Waals surface area contributed by atoms with Gasteiger partial charge in [0.25, 0.3) is 0 Å². The molecule has 1 atom stereocenters. The lowest BCUT2D eigenvalue weighted by Crippen LogP contribution is -2.61. The minimum Gasteiger partial charge on any atom is -0.309 e. The Labute approximate surface area is 98.2 Å². The van der Waals surface area contributed by atoms with E-state index in [1.807, 2.05) is 11.8 Å². The van der Waals surface area contributed by atoms with Gasteiger partial charge in [0.15, 0.2) is 0 Å². The third-order valence-corrected chi connectivity index (χ3v) is 4.81. The van der Waals surface area contributed by atoms with Crippen molar-refractivity contribution >= 4 is 11.8 Å². The maximum Gasteiger partial charge on any atom is 0.0309 e. The standard InChI is InChI=1S/C12H24N2S/c1-11(9-15-2)14-8-7-13-12(10-14)5-3-4-6-12/h11,13H,3-10H2,1-2H3. The number of nitrogens with one attached hydrogen (secondary N) is 1. The van der Waals surface area contributed by atoms with Gasteiger partial charge in [-0.05, 0) is 26.0 Å². The fourth-order valence-electron chi connectivity index (χ4n) is 3.10. The Morgan fingerprint density at radius 3 is 2.80 bits per heavy atom. The first-order valence-electron chi connectivity index (χ1n) is 6.24. The summed E-state index contributed by atoms with van der Waals surface area (Å²) in [6.07, 6.45) is 7.87. The molecule has 2 nitrogen and oxygen atoms in total. The molecule has 1 saturated heterocycles. The van der Waals surface area contributed by atoms with Gasteiger partial charge in [0.2, 0.25) is 0 Å². The average Bonchev–Trinajstić information content (AvgIpc) is 2.67. The summed E-state index contributed by atoms with van der Waals surface area (Å²) in [5.41, 5.74) is 0.491. The van der Waals surface area contributed by atoms with Crippen molar-refractivity contribution in [3.8, 4) is 0 Å². The van der Waals surface area contributed by atoms with E-state index >= 15 is 0 Å². The molecule has 1 heterocycles. The molecule has 15 heavy (non-hydrogen) atoms. The van der Waals surface area contributed by atoms with E-state index in [0.717, 1.165) is 6.04 Å². The van der Waals surface area contributed by atoms with Gasteiger partial charge in [0.1, 0.15) is 0 Å². The van der Waals surface area contributed by atoms with Crippen molar-refractivity contribution in [1.29, 1.82) is 0 Å². The Bertz CT molecular complexity index is 202. The van der Waals surface area contributed by atoms with Gasteiger partial charge < -0.3 is 5.32 Å². The van der Waals surface area contributed by atoms with Crippen molar-refractivity contribution in [2.24, 2.45) is 0 Å². The van der Waals surface area contributed by atoms with E-state index < -0.39 is 0 Å². The first-order chi connectivity index (χ1) is 7.26. The lowest BCUT2D eigenvalue weighted by Gasteiger charge is -2.44. The minimum atomic E-state index is 0.491. The third kappa shape index (κ3) is 2.69. The van der Waals surface area contributed by atoms with E-state index in [-0.39, 0.29) is 0 Å². The third-order valence-electron chi connectivity index (χ3n) is 4.00. The van der Waals surface area contributed by atoms with Gasteiger partial charge in [-0.3, -0.25) is 4.90 Å². The van der Waals surface area contributed by atoms with E-state index in [2.05, 4.69) is 23.4 Å². The molecular formula is C12H24N2S. The normalized spacial score (nSPS) is 28.4. The molecule has 1 aliphatic heterocycles. The van der Waals surface area contributed by atoms with Crippen LogP contribution in [-0.2, 0) is 0 Å². The predicted octanol–water partition coefficient (Wildman–Crippen LogP) is 1.96. The van der Waals surface area contributed by atoms with Gasteiger partial charge in [-0.1, -0.05) is 12.8 Å². The van der Waals surface area contributed by atoms with Crippen LogP contribution < -0.4 is 5.32 Å². The molecular weight excluding hydrogens is 204 g/mol. The summed E-state index contributed by atoms with van der Waals surface area (Å²) >= 11 is 1.97. The number of nitrogens with zero attached hydrogens (tertiary/aromatic N) is 1. The van der Waals surface area contributed by atoms with Gasteiger partial charge in [0, 0.05) is 37.0 Å². The molecule has 1 unspecified atom stereocenters. The number of hydrogen-bond donors (Lipinski definition) is 1. The molecule has 1 spiro atoms. The zero-order chi connectivity index (χ0) is 10.7. The molecule has 1 N–H and O–H groups in total. The zero-order valence-electron chi connectivity index (χ0n) is 10.1. The molecule has 88 valence electrons. The van der Waals surface area contributed by atoms with Crippen LogP contribution in [-0.4, -0.2) is 48.1 Å². The lowest BCUT2D eigenvalue weighted by molar-refractivity contribution is 0.109. The quantitative estimate of drug-likeness (QED) is 0.795. The SMILES string of the molecule is CSCC(C)N1CCNC2(CCCC2)C1. The van der Waals surface area contributed by atoms with E-state index in [0.29, 0.717) is 5.54 Å². The van der Waals surface area contributed by atoms with Crippen molar-refractivity contribution in [2.45, 2.75) is 44.2 Å². The summed E-state index contributed by atoms with van der Waals surface area (Å²) in [7, 11) is 0. The summed E-state index contributed by atoms with van der Waals surface area (Å²) in [6.45, 7) is 6.10. The van der Waals surface area contributed by atoms with Crippen LogP contribution in [0.15, 0.2) is 0 Å². The van der Waals surface area contributed by atoms with Gasteiger partial charge >= 0.3 is 0 Å². The summed E-state index contributed by atoms with van der Waals surface area (Å²) < 4.78 is 0. The van der Waals surface area contributed by atoms with Gasteiger partial charge in [0.05, 0.1) is 0 Å². The van der Waals surface area contributed by atoms with E-state index in [1.165, 1.54) is 51.1 Å². The monoisotopic (exact) mass is 228 g/mol. The summed E-state index contributed by atoms with van der Waals surface area (Å²) in [5, 5.41) is 3.77. The van der Waals surface area contributed by atoms with Crippen molar-refractivity contribution in [1.82, 2.24) is 10.2 Å². The summed E-state index contributed by atoms with van der Waals surface area (Å²) in [5.74, 6) is 1.27. The highest BCUT2D eigenvalue weighted by Gasteiger charge is 2.38. The Kier molecular flexibility index (Phi) is 3.97. The van der Waals surface area contributed by atoms with Crippen molar-refractivity contribution in [3.63, 3.8) is 0 Å². The minimum absolute atomic E-state index is 0.491. The van der Waals surface area contributed by atoms with Crippen LogP contribution in [0, 0.1) is 0 Å². The van der Waals surface area contributed by atoms with E-state index in [9.17, 15) is 0 Å². The van der Waals surface area contributed by atoms with E-state index in [1.54, 1.807) is 0 Å². The number of rotatable bonds is 3. The van der Waals surface area contributed by atoms with Gasteiger partial charge in [-0.25, -0.2) is 0 Å². The van der Waals surface area contributed by atoms with Crippen LogP contribution >= 0.6 is 11.8 Å². The number of hydrogen-bond acceptors (Lipinski definition) is 3. The Balaban J connectivity index is 1.91. The predicted molar refractivity (Wildman–Crippen MR) is 68.6 cm³/mol. The highest BCUT2D eigenvalue weighted by atomic mass is 32.2. The second-order valence-corrected chi connectivity index (χ2v) is 6.10. The van der Waals surface area contributed by atoms with Crippen molar-refractivity contribution in [3.05, 3.63) is 0 Å².